The van der Waals surface area contributed by atoms with Gasteiger partial charge in [-0.3, -0.25) is 9.78 Å². The van der Waals surface area contributed by atoms with E-state index in [2.05, 4.69) is 55.4 Å². The largest absolute Gasteiger partial charge is 0.355 e. The van der Waals surface area contributed by atoms with Gasteiger partial charge >= 0.3 is 0 Å². The number of hydrogen-bond donors (Lipinski definition) is 2. The zero-order valence-electron chi connectivity index (χ0n) is 14.3. The fraction of sp³-hybridized carbons (Fsp3) is 0.368. The highest BCUT2D eigenvalue weighted by molar-refractivity contribution is 5.93. The van der Waals surface area contributed by atoms with Crippen molar-refractivity contribution in [2.45, 2.75) is 34.1 Å². The predicted molar refractivity (Wildman–Crippen MR) is 95.2 cm³/mol. The van der Waals surface area contributed by atoms with Gasteiger partial charge in [-0.2, -0.15) is 0 Å². The number of carbonyl (C=O) groups is 1. The van der Waals surface area contributed by atoms with Crippen LogP contribution >= 0.6 is 0 Å². The maximum Gasteiger partial charge on any atom is 0.269 e. The third-order valence-electron chi connectivity index (χ3n) is 3.66. The van der Waals surface area contributed by atoms with Gasteiger partial charge in [0.25, 0.3) is 5.91 Å². The van der Waals surface area contributed by atoms with Crippen molar-refractivity contribution < 1.29 is 4.79 Å². The third-order valence-corrected chi connectivity index (χ3v) is 3.66. The molecule has 0 aliphatic carbocycles. The second-order valence-corrected chi connectivity index (χ2v) is 6.31. The number of benzene rings is 1. The summed E-state index contributed by atoms with van der Waals surface area (Å²) in [6.07, 6.45) is 2.62. The van der Waals surface area contributed by atoms with Gasteiger partial charge in [0.1, 0.15) is 5.69 Å². The van der Waals surface area contributed by atoms with Crippen molar-refractivity contribution in [3.05, 3.63) is 53.3 Å². The summed E-state index contributed by atoms with van der Waals surface area (Å²) in [6, 6.07) is 9.89. The molecule has 2 aromatic rings. The average molecular weight is 311 g/mol. The lowest BCUT2D eigenvalue weighted by Crippen LogP contribution is -2.26. The summed E-state index contributed by atoms with van der Waals surface area (Å²) in [7, 11) is 0. The van der Waals surface area contributed by atoms with E-state index in [4.69, 9.17) is 0 Å². The SMILES string of the molecule is Cc1ccc(Nc2ccnc(C(=O)NCCC(C)C)c2)c(C)c1. The second-order valence-electron chi connectivity index (χ2n) is 6.31. The fourth-order valence-electron chi connectivity index (χ4n) is 2.31. The first-order valence-corrected chi connectivity index (χ1v) is 8.04. The van der Waals surface area contributed by atoms with Crippen molar-refractivity contribution in [1.82, 2.24) is 10.3 Å². The Morgan fingerprint density at radius 3 is 2.65 bits per heavy atom. The predicted octanol–water partition coefficient (Wildman–Crippen LogP) is 4.22. The molecule has 0 bridgehead atoms. The Balaban J connectivity index is 2.06. The van der Waals surface area contributed by atoms with Crippen LogP contribution in [-0.4, -0.2) is 17.4 Å². The van der Waals surface area contributed by atoms with Crippen molar-refractivity contribution >= 4 is 17.3 Å². The summed E-state index contributed by atoms with van der Waals surface area (Å²) in [5.41, 5.74) is 4.73. The maximum absolute atomic E-state index is 12.1. The Morgan fingerprint density at radius 1 is 1.17 bits per heavy atom. The molecule has 0 atom stereocenters. The molecule has 1 amide bonds. The van der Waals surface area contributed by atoms with E-state index < -0.39 is 0 Å². The van der Waals surface area contributed by atoms with Crippen molar-refractivity contribution in [1.29, 1.82) is 0 Å². The van der Waals surface area contributed by atoms with Gasteiger partial charge in [0.2, 0.25) is 0 Å². The minimum atomic E-state index is -0.130. The molecule has 1 aromatic carbocycles. The van der Waals surface area contributed by atoms with Crippen molar-refractivity contribution in [2.24, 2.45) is 5.92 Å². The molecule has 0 saturated heterocycles. The number of nitrogens with one attached hydrogen (secondary N) is 2. The minimum Gasteiger partial charge on any atom is -0.355 e. The van der Waals surface area contributed by atoms with Crippen molar-refractivity contribution in [3.63, 3.8) is 0 Å². The molecule has 2 N–H and O–H groups in total. The lowest BCUT2D eigenvalue weighted by molar-refractivity contribution is 0.0947. The lowest BCUT2D eigenvalue weighted by atomic mass is 10.1. The maximum atomic E-state index is 12.1. The van der Waals surface area contributed by atoms with Crippen LogP contribution in [0.25, 0.3) is 0 Å². The van der Waals surface area contributed by atoms with Crippen LogP contribution in [0.5, 0.6) is 0 Å². The zero-order chi connectivity index (χ0) is 16.8. The van der Waals surface area contributed by atoms with Gasteiger partial charge < -0.3 is 10.6 Å². The topological polar surface area (TPSA) is 54.0 Å². The molecule has 0 fully saturated rings. The molecule has 0 aliphatic rings. The molecule has 0 aliphatic heterocycles. The standard InChI is InChI=1S/C19H25N3O/c1-13(2)7-9-21-19(23)18-12-16(8-10-20-18)22-17-6-5-14(3)11-15(17)4/h5-6,8,10-13H,7,9H2,1-4H3,(H,20,22)(H,21,23). The number of amides is 1. The van der Waals surface area contributed by atoms with Crippen LogP contribution in [0, 0.1) is 19.8 Å². The Hall–Kier alpha value is -2.36. The Morgan fingerprint density at radius 2 is 1.96 bits per heavy atom. The first-order chi connectivity index (χ1) is 11.0. The van der Waals surface area contributed by atoms with Crippen LogP contribution in [0.15, 0.2) is 36.5 Å². The fourth-order valence-corrected chi connectivity index (χ4v) is 2.31. The van der Waals surface area contributed by atoms with Gasteiger partial charge in [-0.25, -0.2) is 0 Å². The Kier molecular flexibility index (Phi) is 5.74. The molecule has 4 heteroatoms. The van der Waals surface area contributed by atoms with Crippen LogP contribution < -0.4 is 10.6 Å². The van der Waals surface area contributed by atoms with E-state index >= 15 is 0 Å². The number of pyridine rings is 1. The number of carbonyl (C=O) groups excluding carboxylic acids is 1. The number of nitrogens with zero attached hydrogens (tertiary/aromatic N) is 1. The minimum absolute atomic E-state index is 0.130. The van der Waals surface area contributed by atoms with Crippen LogP contribution in [0.2, 0.25) is 0 Å². The van der Waals surface area contributed by atoms with E-state index in [0.29, 0.717) is 18.2 Å². The quantitative estimate of drug-likeness (QED) is 0.840. The Bertz CT molecular complexity index is 680. The summed E-state index contributed by atoms with van der Waals surface area (Å²) < 4.78 is 0. The van der Waals surface area contributed by atoms with Crippen LogP contribution in [0.1, 0.15) is 41.9 Å². The number of anilines is 2. The highest BCUT2D eigenvalue weighted by Gasteiger charge is 2.08. The molecule has 0 saturated carbocycles. The van der Waals surface area contributed by atoms with Crippen LogP contribution in [0.4, 0.5) is 11.4 Å². The number of aromatic nitrogens is 1. The molecule has 2 rings (SSSR count). The monoisotopic (exact) mass is 311 g/mol. The summed E-state index contributed by atoms with van der Waals surface area (Å²) in [5.74, 6) is 0.440. The van der Waals surface area contributed by atoms with E-state index in [9.17, 15) is 4.79 Å². The number of aryl methyl sites for hydroxylation is 2. The van der Waals surface area contributed by atoms with E-state index in [1.165, 1.54) is 11.1 Å². The molecular weight excluding hydrogens is 286 g/mol. The molecule has 4 nitrogen and oxygen atoms in total. The molecule has 122 valence electrons. The summed E-state index contributed by atoms with van der Waals surface area (Å²) in [4.78, 5) is 16.3. The van der Waals surface area contributed by atoms with E-state index in [-0.39, 0.29) is 5.91 Å². The number of rotatable bonds is 6. The normalized spacial score (nSPS) is 10.7. The summed E-state index contributed by atoms with van der Waals surface area (Å²) >= 11 is 0. The number of hydrogen-bond acceptors (Lipinski definition) is 3. The summed E-state index contributed by atoms with van der Waals surface area (Å²) in [5, 5.41) is 6.26. The molecule has 0 unspecified atom stereocenters. The van der Waals surface area contributed by atoms with Gasteiger partial charge in [-0.1, -0.05) is 31.5 Å². The van der Waals surface area contributed by atoms with Gasteiger partial charge in [0, 0.05) is 24.1 Å². The molecule has 0 spiro atoms. The zero-order valence-corrected chi connectivity index (χ0v) is 14.3. The summed E-state index contributed by atoms with van der Waals surface area (Å²) in [6.45, 7) is 9.09. The van der Waals surface area contributed by atoms with E-state index in [1.54, 1.807) is 12.3 Å². The van der Waals surface area contributed by atoms with Gasteiger partial charge in [-0.05, 0) is 49.9 Å². The Labute approximate surface area is 138 Å². The average Bonchev–Trinajstić information content (AvgIpc) is 2.50. The van der Waals surface area contributed by atoms with E-state index in [1.807, 2.05) is 12.1 Å². The molecule has 1 heterocycles. The smallest absolute Gasteiger partial charge is 0.269 e. The molecule has 1 aromatic heterocycles. The molecule has 23 heavy (non-hydrogen) atoms. The van der Waals surface area contributed by atoms with E-state index in [0.717, 1.165) is 17.8 Å². The molecular formula is C19H25N3O. The second kappa shape index (κ2) is 7.77. The molecule has 0 radical (unpaired) electrons. The third kappa shape index (κ3) is 5.09. The highest BCUT2D eigenvalue weighted by atomic mass is 16.1. The highest BCUT2D eigenvalue weighted by Crippen LogP contribution is 2.21. The van der Waals surface area contributed by atoms with Gasteiger partial charge in [0.15, 0.2) is 0 Å². The van der Waals surface area contributed by atoms with Crippen molar-refractivity contribution in [2.75, 3.05) is 11.9 Å². The van der Waals surface area contributed by atoms with Crippen LogP contribution in [-0.2, 0) is 0 Å². The van der Waals surface area contributed by atoms with Gasteiger partial charge in [0.05, 0.1) is 0 Å². The van der Waals surface area contributed by atoms with Crippen molar-refractivity contribution in [3.8, 4) is 0 Å². The first-order valence-electron chi connectivity index (χ1n) is 8.04. The van der Waals surface area contributed by atoms with Crippen LogP contribution in [0.3, 0.4) is 0 Å². The first kappa shape index (κ1) is 17.0. The lowest BCUT2D eigenvalue weighted by Gasteiger charge is -2.11. The van der Waals surface area contributed by atoms with Gasteiger partial charge in [-0.15, -0.1) is 0 Å².